The molecule has 0 spiro atoms. The molecule has 0 aliphatic carbocycles. The fourth-order valence-electron chi connectivity index (χ4n) is 2.86. The van der Waals surface area contributed by atoms with Gasteiger partial charge in [0.05, 0.1) is 5.69 Å². The summed E-state index contributed by atoms with van der Waals surface area (Å²) in [6.07, 6.45) is 5.12. The minimum Gasteiger partial charge on any atom is -0.340 e. The van der Waals surface area contributed by atoms with Crippen molar-refractivity contribution in [1.29, 1.82) is 0 Å². The van der Waals surface area contributed by atoms with Gasteiger partial charge < -0.3 is 4.90 Å². The highest BCUT2D eigenvalue weighted by molar-refractivity contribution is 5.80. The molecule has 1 aliphatic heterocycles. The predicted molar refractivity (Wildman–Crippen MR) is 76.6 cm³/mol. The Morgan fingerprint density at radius 3 is 3.05 bits per heavy atom. The summed E-state index contributed by atoms with van der Waals surface area (Å²) in [7, 11) is 0. The second-order valence-electron chi connectivity index (χ2n) is 5.65. The van der Waals surface area contributed by atoms with Crippen LogP contribution in [0, 0.1) is 6.92 Å². The molecule has 2 atom stereocenters. The third kappa shape index (κ3) is 2.81. The number of piperidine rings is 1. The molecule has 2 unspecified atom stereocenters. The molecule has 112 valence electrons. The zero-order valence-corrected chi connectivity index (χ0v) is 12.4. The standard InChI is InChI=1S/C14H20N6O/c1-10-6-13(18-17-10)12-4-3-5-19(7-12)14(21)11(2)20-9-15-8-16-20/h6,8-9,11-12H,3-5,7H2,1-2H3,(H,17,18). The number of aromatic nitrogens is 5. The first kappa shape index (κ1) is 13.8. The minimum absolute atomic E-state index is 0.0949. The number of nitrogens with one attached hydrogen (secondary N) is 1. The van der Waals surface area contributed by atoms with Gasteiger partial charge in [0.2, 0.25) is 5.91 Å². The Labute approximate surface area is 123 Å². The Morgan fingerprint density at radius 1 is 1.52 bits per heavy atom. The van der Waals surface area contributed by atoms with Crippen molar-refractivity contribution in [2.75, 3.05) is 13.1 Å². The average Bonchev–Trinajstić information content (AvgIpc) is 3.17. The van der Waals surface area contributed by atoms with Crippen molar-refractivity contribution in [3.05, 3.63) is 30.1 Å². The van der Waals surface area contributed by atoms with Crippen LogP contribution in [0.2, 0.25) is 0 Å². The summed E-state index contributed by atoms with van der Waals surface area (Å²) in [6.45, 7) is 5.38. The van der Waals surface area contributed by atoms with Gasteiger partial charge in [-0.3, -0.25) is 9.89 Å². The van der Waals surface area contributed by atoms with Gasteiger partial charge in [0, 0.05) is 24.7 Å². The lowest BCUT2D eigenvalue weighted by Gasteiger charge is -2.33. The smallest absolute Gasteiger partial charge is 0.247 e. The number of carbonyl (C=O) groups excluding carboxylic acids is 1. The summed E-state index contributed by atoms with van der Waals surface area (Å²) in [5.74, 6) is 0.410. The van der Waals surface area contributed by atoms with Crippen molar-refractivity contribution >= 4 is 5.91 Å². The third-order valence-electron chi connectivity index (χ3n) is 4.07. The van der Waals surface area contributed by atoms with Crippen LogP contribution in [-0.2, 0) is 4.79 Å². The largest absolute Gasteiger partial charge is 0.340 e. The van der Waals surface area contributed by atoms with Gasteiger partial charge >= 0.3 is 0 Å². The van der Waals surface area contributed by atoms with Gasteiger partial charge in [0.1, 0.15) is 18.7 Å². The highest BCUT2D eigenvalue weighted by atomic mass is 16.2. The van der Waals surface area contributed by atoms with Crippen LogP contribution in [0.25, 0.3) is 0 Å². The number of nitrogens with zero attached hydrogens (tertiary/aromatic N) is 5. The summed E-state index contributed by atoms with van der Waals surface area (Å²) < 4.78 is 1.60. The van der Waals surface area contributed by atoms with Crippen LogP contribution in [0.4, 0.5) is 0 Å². The predicted octanol–water partition coefficient (Wildman–Crippen LogP) is 1.28. The van der Waals surface area contributed by atoms with E-state index in [0.717, 1.165) is 37.3 Å². The highest BCUT2D eigenvalue weighted by Crippen LogP contribution is 2.27. The third-order valence-corrected chi connectivity index (χ3v) is 4.07. The number of amides is 1. The molecule has 2 aromatic rings. The number of H-pyrrole nitrogens is 1. The van der Waals surface area contributed by atoms with E-state index in [9.17, 15) is 4.79 Å². The van der Waals surface area contributed by atoms with Crippen molar-refractivity contribution in [3.8, 4) is 0 Å². The molecule has 0 bridgehead atoms. The van der Waals surface area contributed by atoms with E-state index in [1.165, 1.54) is 6.33 Å². The van der Waals surface area contributed by atoms with Gasteiger partial charge in [-0.1, -0.05) is 0 Å². The van der Waals surface area contributed by atoms with Crippen LogP contribution in [0.1, 0.15) is 43.1 Å². The quantitative estimate of drug-likeness (QED) is 0.922. The van der Waals surface area contributed by atoms with Crippen LogP contribution in [0.3, 0.4) is 0 Å². The SMILES string of the molecule is Cc1cc(C2CCCN(C(=O)C(C)n3cncn3)C2)n[nH]1. The Bertz CT molecular complexity index is 605. The van der Waals surface area contributed by atoms with Gasteiger partial charge in [-0.05, 0) is 32.8 Å². The summed E-state index contributed by atoms with van der Waals surface area (Å²) in [4.78, 5) is 18.4. The van der Waals surface area contributed by atoms with Crippen molar-refractivity contribution in [2.45, 2.75) is 38.6 Å². The van der Waals surface area contributed by atoms with Crippen molar-refractivity contribution in [2.24, 2.45) is 0 Å². The van der Waals surface area contributed by atoms with Crippen LogP contribution >= 0.6 is 0 Å². The summed E-state index contributed by atoms with van der Waals surface area (Å²) >= 11 is 0. The zero-order chi connectivity index (χ0) is 14.8. The summed E-state index contributed by atoms with van der Waals surface area (Å²) in [6, 6.07) is 1.76. The number of carbonyl (C=O) groups is 1. The van der Waals surface area contributed by atoms with Gasteiger partial charge in [-0.2, -0.15) is 10.2 Å². The van der Waals surface area contributed by atoms with Crippen LogP contribution in [-0.4, -0.2) is 48.9 Å². The number of rotatable bonds is 3. The molecule has 7 nitrogen and oxygen atoms in total. The van der Waals surface area contributed by atoms with Crippen molar-refractivity contribution in [1.82, 2.24) is 29.9 Å². The highest BCUT2D eigenvalue weighted by Gasteiger charge is 2.29. The minimum atomic E-state index is -0.313. The molecule has 1 N–H and O–H groups in total. The number of hydrogen-bond donors (Lipinski definition) is 1. The molecule has 7 heteroatoms. The second-order valence-corrected chi connectivity index (χ2v) is 5.65. The molecule has 3 rings (SSSR count). The lowest BCUT2D eigenvalue weighted by molar-refractivity contribution is -0.135. The van der Waals surface area contributed by atoms with Crippen molar-refractivity contribution in [3.63, 3.8) is 0 Å². The zero-order valence-electron chi connectivity index (χ0n) is 12.4. The van der Waals surface area contributed by atoms with E-state index in [-0.39, 0.29) is 11.9 Å². The Balaban J connectivity index is 1.69. The number of likely N-dealkylation sites (tertiary alicyclic amines) is 1. The van der Waals surface area contributed by atoms with Crippen LogP contribution in [0.15, 0.2) is 18.7 Å². The first-order valence-corrected chi connectivity index (χ1v) is 7.30. The summed E-state index contributed by atoms with van der Waals surface area (Å²) in [5.41, 5.74) is 2.11. The monoisotopic (exact) mass is 288 g/mol. The number of aromatic amines is 1. The van der Waals surface area contributed by atoms with Crippen LogP contribution in [0.5, 0.6) is 0 Å². The van der Waals surface area contributed by atoms with E-state index >= 15 is 0 Å². The molecule has 21 heavy (non-hydrogen) atoms. The molecule has 0 radical (unpaired) electrons. The molecule has 0 saturated carbocycles. The fraction of sp³-hybridized carbons (Fsp3) is 0.571. The average molecular weight is 288 g/mol. The Morgan fingerprint density at radius 2 is 2.38 bits per heavy atom. The van der Waals surface area contributed by atoms with E-state index in [2.05, 4.69) is 26.3 Å². The molecular weight excluding hydrogens is 268 g/mol. The lowest BCUT2D eigenvalue weighted by Crippen LogP contribution is -2.42. The maximum atomic E-state index is 12.6. The van der Waals surface area contributed by atoms with Gasteiger partial charge in [0.15, 0.2) is 0 Å². The molecule has 1 fully saturated rings. The Kier molecular flexibility index (Phi) is 3.72. The number of aryl methyl sites for hydroxylation is 1. The first-order valence-electron chi connectivity index (χ1n) is 7.30. The lowest BCUT2D eigenvalue weighted by atomic mass is 9.94. The molecule has 1 amide bonds. The molecule has 3 heterocycles. The molecule has 2 aromatic heterocycles. The molecule has 0 aromatic carbocycles. The van der Waals surface area contributed by atoms with E-state index in [4.69, 9.17) is 0 Å². The fourth-order valence-corrected chi connectivity index (χ4v) is 2.86. The topological polar surface area (TPSA) is 79.7 Å². The van der Waals surface area contributed by atoms with Crippen molar-refractivity contribution < 1.29 is 4.79 Å². The molecule has 1 saturated heterocycles. The maximum Gasteiger partial charge on any atom is 0.247 e. The maximum absolute atomic E-state index is 12.6. The van der Waals surface area contributed by atoms with E-state index in [1.54, 1.807) is 11.0 Å². The number of hydrogen-bond acceptors (Lipinski definition) is 4. The van der Waals surface area contributed by atoms with Gasteiger partial charge in [0.25, 0.3) is 0 Å². The van der Waals surface area contributed by atoms with E-state index in [0.29, 0.717) is 5.92 Å². The van der Waals surface area contributed by atoms with Crippen LogP contribution < -0.4 is 0 Å². The van der Waals surface area contributed by atoms with Gasteiger partial charge in [-0.25, -0.2) is 9.67 Å². The Hall–Kier alpha value is -2.18. The van der Waals surface area contributed by atoms with E-state index in [1.807, 2.05) is 18.7 Å². The first-order chi connectivity index (χ1) is 10.1. The van der Waals surface area contributed by atoms with E-state index < -0.39 is 0 Å². The summed E-state index contributed by atoms with van der Waals surface area (Å²) in [5, 5.41) is 11.4. The molecular formula is C14H20N6O. The van der Waals surface area contributed by atoms with Gasteiger partial charge in [-0.15, -0.1) is 0 Å². The normalized spacial score (nSPS) is 20.5. The molecule has 1 aliphatic rings. The second kappa shape index (κ2) is 5.67.